The number of carbonyl (C=O) groups is 3. The van der Waals surface area contributed by atoms with E-state index in [1.54, 1.807) is 0 Å². The molecule has 170 valence electrons. The maximum Gasteiger partial charge on any atom is 0.407 e. The number of rotatable bonds is 10. The first kappa shape index (κ1) is 23.3. The van der Waals surface area contributed by atoms with Gasteiger partial charge in [0.25, 0.3) is 0 Å². The molecule has 3 rings (SSSR count). The lowest BCUT2D eigenvalue weighted by Gasteiger charge is -2.20. The molecule has 2 amide bonds. The van der Waals surface area contributed by atoms with Crippen LogP contribution in [0, 0.1) is 0 Å². The van der Waals surface area contributed by atoms with Gasteiger partial charge in [0.1, 0.15) is 12.6 Å². The summed E-state index contributed by atoms with van der Waals surface area (Å²) < 4.78 is 5.48. The Hall–Kier alpha value is -3.39. The van der Waals surface area contributed by atoms with Crippen molar-refractivity contribution < 1.29 is 24.2 Å². The molecule has 1 aliphatic rings. The van der Waals surface area contributed by atoms with Gasteiger partial charge in [-0.25, -0.2) is 4.79 Å². The fraction of sp³-hybridized carbons (Fsp3) is 0.375. The van der Waals surface area contributed by atoms with Crippen LogP contribution in [0.1, 0.15) is 29.9 Å². The van der Waals surface area contributed by atoms with Crippen molar-refractivity contribution in [2.75, 3.05) is 33.8 Å². The molecule has 0 fully saturated rings. The number of carboxylic acids is 1. The van der Waals surface area contributed by atoms with E-state index >= 15 is 0 Å². The predicted octanol–water partition coefficient (Wildman–Crippen LogP) is 2.44. The van der Waals surface area contributed by atoms with Crippen LogP contribution < -0.4 is 10.6 Å². The number of nitrogens with one attached hydrogen (secondary N) is 2. The van der Waals surface area contributed by atoms with Crippen molar-refractivity contribution in [2.24, 2.45) is 0 Å². The molecule has 1 unspecified atom stereocenters. The standard InChI is InChI=1S/C24H29N3O5/c1-27(2)14-13-25-23(30)21(11-12-22(28)29)26-24(31)32-15-20-18-9-5-3-7-16(18)17-8-4-6-10-19(17)20/h3-10,20-21H,11-15H2,1-2H3,(H,25,30)(H,26,31)(H,28,29). The fourth-order valence-electron chi connectivity index (χ4n) is 3.84. The van der Waals surface area contributed by atoms with E-state index in [-0.39, 0.29) is 25.4 Å². The highest BCUT2D eigenvalue weighted by molar-refractivity contribution is 5.86. The van der Waals surface area contributed by atoms with Crippen molar-refractivity contribution in [1.82, 2.24) is 15.5 Å². The third-order valence-corrected chi connectivity index (χ3v) is 5.46. The normalized spacial score (nSPS) is 13.2. The van der Waals surface area contributed by atoms with E-state index in [1.165, 1.54) is 0 Å². The number of amides is 2. The van der Waals surface area contributed by atoms with Crippen LogP contribution in [0.3, 0.4) is 0 Å². The topological polar surface area (TPSA) is 108 Å². The van der Waals surface area contributed by atoms with Crippen molar-refractivity contribution in [3.63, 3.8) is 0 Å². The molecule has 0 spiro atoms. The number of hydrogen-bond donors (Lipinski definition) is 3. The van der Waals surface area contributed by atoms with Crippen LogP contribution in [0.25, 0.3) is 11.1 Å². The number of likely N-dealkylation sites (N-methyl/N-ethyl adjacent to an activating group) is 1. The third kappa shape index (κ3) is 5.85. The van der Waals surface area contributed by atoms with Crippen molar-refractivity contribution in [1.29, 1.82) is 0 Å². The van der Waals surface area contributed by atoms with Gasteiger partial charge >= 0.3 is 12.1 Å². The van der Waals surface area contributed by atoms with Gasteiger partial charge in [0.15, 0.2) is 0 Å². The summed E-state index contributed by atoms with van der Waals surface area (Å²) in [4.78, 5) is 37.8. The molecule has 0 saturated carbocycles. The second-order valence-electron chi connectivity index (χ2n) is 8.05. The maximum absolute atomic E-state index is 12.5. The lowest BCUT2D eigenvalue weighted by molar-refractivity contribution is -0.137. The number of ether oxygens (including phenoxy) is 1. The zero-order valence-electron chi connectivity index (χ0n) is 18.3. The molecule has 2 aromatic rings. The maximum atomic E-state index is 12.5. The molecule has 32 heavy (non-hydrogen) atoms. The monoisotopic (exact) mass is 439 g/mol. The van der Waals surface area contributed by atoms with Crippen molar-refractivity contribution in [3.05, 3.63) is 59.7 Å². The fourth-order valence-corrected chi connectivity index (χ4v) is 3.84. The Morgan fingerprint density at radius 1 is 1.03 bits per heavy atom. The average Bonchev–Trinajstić information content (AvgIpc) is 3.08. The highest BCUT2D eigenvalue weighted by Gasteiger charge is 2.29. The van der Waals surface area contributed by atoms with E-state index < -0.39 is 24.0 Å². The van der Waals surface area contributed by atoms with Gasteiger partial charge in [-0.15, -0.1) is 0 Å². The number of fused-ring (bicyclic) bond motifs is 3. The van der Waals surface area contributed by atoms with Crippen LogP contribution in [0.4, 0.5) is 4.79 Å². The van der Waals surface area contributed by atoms with Gasteiger partial charge in [0.05, 0.1) is 0 Å². The van der Waals surface area contributed by atoms with E-state index in [0.29, 0.717) is 13.1 Å². The van der Waals surface area contributed by atoms with Gasteiger partial charge in [-0.05, 0) is 42.8 Å². The summed E-state index contributed by atoms with van der Waals surface area (Å²) in [7, 11) is 3.76. The van der Waals surface area contributed by atoms with Gasteiger partial charge < -0.3 is 25.4 Å². The number of alkyl carbamates (subject to hydrolysis) is 1. The van der Waals surface area contributed by atoms with E-state index in [9.17, 15) is 14.4 Å². The Bertz CT molecular complexity index is 930. The molecule has 0 aliphatic heterocycles. The Morgan fingerprint density at radius 2 is 1.62 bits per heavy atom. The molecule has 0 heterocycles. The molecule has 8 nitrogen and oxygen atoms in total. The minimum atomic E-state index is -1.04. The Balaban J connectivity index is 1.62. The first-order valence-corrected chi connectivity index (χ1v) is 10.6. The molecule has 0 saturated heterocycles. The first-order valence-electron chi connectivity index (χ1n) is 10.6. The summed E-state index contributed by atoms with van der Waals surface area (Å²) in [5.74, 6) is -1.56. The molecule has 1 aliphatic carbocycles. The summed E-state index contributed by atoms with van der Waals surface area (Å²) >= 11 is 0. The van der Waals surface area contributed by atoms with E-state index in [1.807, 2.05) is 67.5 Å². The molecule has 8 heteroatoms. The second-order valence-corrected chi connectivity index (χ2v) is 8.05. The minimum Gasteiger partial charge on any atom is -0.481 e. The van der Waals surface area contributed by atoms with E-state index in [4.69, 9.17) is 9.84 Å². The smallest absolute Gasteiger partial charge is 0.407 e. The SMILES string of the molecule is CN(C)CCNC(=O)C(CCC(=O)O)NC(=O)OCC1c2ccccc2-c2ccccc21. The molecule has 1 atom stereocenters. The Kier molecular flexibility index (Phi) is 7.83. The average molecular weight is 440 g/mol. The summed E-state index contributed by atoms with van der Waals surface area (Å²) in [6.45, 7) is 1.14. The lowest BCUT2D eigenvalue weighted by atomic mass is 9.98. The number of carboxylic acid groups (broad SMARTS) is 1. The molecular weight excluding hydrogens is 410 g/mol. The van der Waals surface area contributed by atoms with Crippen molar-refractivity contribution in [2.45, 2.75) is 24.8 Å². The van der Waals surface area contributed by atoms with Gasteiger partial charge in [-0.3, -0.25) is 9.59 Å². The number of carbonyl (C=O) groups excluding carboxylic acids is 2. The second kappa shape index (κ2) is 10.8. The zero-order chi connectivity index (χ0) is 23.1. The summed E-state index contributed by atoms with van der Waals surface area (Å²) in [5.41, 5.74) is 4.42. The van der Waals surface area contributed by atoms with Crippen LogP contribution in [0.2, 0.25) is 0 Å². The highest BCUT2D eigenvalue weighted by atomic mass is 16.5. The van der Waals surface area contributed by atoms with Gasteiger partial charge in [-0.2, -0.15) is 0 Å². The van der Waals surface area contributed by atoms with Crippen LogP contribution in [-0.4, -0.2) is 67.8 Å². The van der Waals surface area contributed by atoms with Gasteiger partial charge in [-0.1, -0.05) is 48.5 Å². The van der Waals surface area contributed by atoms with Crippen LogP contribution in [-0.2, 0) is 14.3 Å². The van der Waals surface area contributed by atoms with Crippen molar-refractivity contribution >= 4 is 18.0 Å². The van der Waals surface area contributed by atoms with Crippen molar-refractivity contribution in [3.8, 4) is 11.1 Å². The van der Waals surface area contributed by atoms with E-state index in [2.05, 4.69) is 10.6 Å². The van der Waals surface area contributed by atoms with Crippen LogP contribution in [0.15, 0.2) is 48.5 Å². The minimum absolute atomic E-state index is 0.0205. The summed E-state index contributed by atoms with van der Waals surface area (Å²) in [6, 6.07) is 15.0. The van der Waals surface area contributed by atoms with Gasteiger partial charge in [0.2, 0.25) is 5.91 Å². The number of nitrogens with zero attached hydrogens (tertiary/aromatic N) is 1. The Labute approximate surface area is 187 Å². The number of hydrogen-bond acceptors (Lipinski definition) is 5. The predicted molar refractivity (Wildman–Crippen MR) is 120 cm³/mol. The lowest BCUT2D eigenvalue weighted by Crippen LogP contribution is -2.48. The number of benzene rings is 2. The molecule has 0 bridgehead atoms. The van der Waals surface area contributed by atoms with E-state index in [0.717, 1.165) is 22.3 Å². The largest absolute Gasteiger partial charge is 0.481 e. The Morgan fingerprint density at radius 3 is 2.19 bits per heavy atom. The molecular formula is C24H29N3O5. The number of aliphatic carboxylic acids is 1. The molecule has 0 radical (unpaired) electrons. The quantitative estimate of drug-likeness (QED) is 0.525. The molecule has 3 N–H and O–H groups in total. The third-order valence-electron chi connectivity index (χ3n) is 5.46. The molecule has 2 aromatic carbocycles. The molecule has 0 aromatic heterocycles. The summed E-state index contributed by atoms with van der Waals surface area (Å²) in [5, 5.41) is 14.2. The van der Waals surface area contributed by atoms with Crippen LogP contribution in [0.5, 0.6) is 0 Å². The zero-order valence-corrected chi connectivity index (χ0v) is 18.3. The summed E-state index contributed by atoms with van der Waals surface area (Å²) in [6.07, 6.45) is -1.01. The first-order chi connectivity index (χ1) is 15.4. The van der Waals surface area contributed by atoms with Crippen LogP contribution >= 0.6 is 0 Å². The highest BCUT2D eigenvalue weighted by Crippen LogP contribution is 2.44. The van der Waals surface area contributed by atoms with Gasteiger partial charge in [0, 0.05) is 25.4 Å².